The first-order chi connectivity index (χ1) is 16.0. The van der Waals surface area contributed by atoms with Crippen molar-refractivity contribution in [2.24, 2.45) is 0 Å². The monoisotopic (exact) mass is 455 g/mol. The van der Waals surface area contributed by atoms with E-state index in [1.807, 2.05) is 6.07 Å². The van der Waals surface area contributed by atoms with Gasteiger partial charge in [0.15, 0.2) is 11.5 Å². The first-order valence-electron chi connectivity index (χ1n) is 11.0. The zero-order valence-electron chi connectivity index (χ0n) is 17.8. The highest BCUT2D eigenvalue weighted by molar-refractivity contribution is 5.88. The molecule has 0 radical (unpaired) electrons. The number of nitrogens with two attached hydrogens (primary N) is 1. The van der Waals surface area contributed by atoms with Crippen LogP contribution in [0.4, 0.5) is 20.5 Å². The van der Waals surface area contributed by atoms with E-state index in [-0.39, 0.29) is 17.3 Å². The summed E-state index contributed by atoms with van der Waals surface area (Å²) in [4.78, 5) is 9.00. The fourth-order valence-corrected chi connectivity index (χ4v) is 4.83. The zero-order valence-corrected chi connectivity index (χ0v) is 17.8. The summed E-state index contributed by atoms with van der Waals surface area (Å²) in [6.07, 6.45) is 4.47. The van der Waals surface area contributed by atoms with Crippen LogP contribution in [0.5, 0.6) is 0 Å². The molecule has 0 bridgehead atoms. The van der Waals surface area contributed by atoms with Gasteiger partial charge in [0, 0.05) is 17.8 Å². The van der Waals surface area contributed by atoms with Gasteiger partial charge in [-0.25, -0.2) is 23.0 Å². The highest BCUT2D eigenvalue weighted by Gasteiger charge is 2.41. The van der Waals surface area contributed by atoms with E-state index in [0.29, 0.717) is 34.1 Å². The van der Waals surface area contributed by atoms with Crippen molar-refractivity contribution in [2.45, 2.75) is 56.7 Å². The Bertz CT molecular complexity index is 1320. The van der Waals surface area contributed by atoms with E-state index < -0.39 is 13.0 Å². The summed E-state index contributed by atoms with van der Waals surface area (Å²) in [5.74, 6) is 0.781. The molecule has 0 aromatic carbocycles. The summed E-state index contributed by atoms with van der Waals surface area (Å²) in [6, 6.07) is 5.56. The van der Waals surface area contributed by atoms with Crippen LogP contribution in [-0.2, 0) is 11.3 Å². The molecule has 1 spiro atoms. The van der Waals surface area contributed by atoms with Crippen LogP contribution in [-0.4, -0.2) is 59.3 Å². The van der Waals surface area contributed by atoms with Crippen molar-refractivity contribution in [2.75, 3.05) is 17.7 Å². The van der Waals surface area contributed by atoms with Crippen LogP contribution in [0, 0.1) is 0 Å². The molecule has 1 saturated carbocycles. The number of halogens is 2. The molecule has 2 aliphatic rings. The fourth-order valence-electron chi connectivity index (χ4n) is 4.83. The standard InChI is InChI=1S/C21H23F2N9O/c22-16(23)11-32-19-15(28-30-32)2-1-14(26-19)13-5-9-31-17(13)18(24)27-20(29-31)25-12-3-6-21(7-4-12)8-10-33-21/h1-2,5,9,12,16H,3-4,6-8,10-11H2,(H3,24,25,27,29). The molecule has 0 unspecified atom stereocenters. The van der Waals surface area contributed by atoms with E-state index in [0.717, 1.165) is 43.4 Å². The topological polar surface area (TPSA) is 121 Å². The second kappa shape index (κ2) is 7.58. The minimum Gasteiger partial charge on any atom is -0.382 e. The molecule has 5 heterocycles. The summed E-state index contributed by atoms with van der Waals surface area (Å²) >= 11 is 0. The van der Waals surface area contributed by atoms with Gasteiger partial charge in [0.25, 0.3) is 6.43 Å². The van der Waals surface area contributed by atoms with E-state index >= 15 is 0 Å². The van der Waals surface area contributed by atoms with Gasteiger partial charge in [-0.2, -0.15) is 4.98 Å². The molecule has 6 rings (SSSR count). The molecule has 33 heavy (non-hydrogen) atoms. The maximum absolute atomic E-state index is 12.9. The fraction of sp³-hybridized carbons (Fsp3) is 0.476. The van der Waals surface area contributed by atoms with Gasteiger partial charge < -0.3 is 15.8 Å². The summed E-state index contributed by atoms with van der Waals surface area (Å²) < 4.78 is 34.3. The van der Waals surface area contributed by atoms with Crippen LogP contribution in [0.3, 0.4) is 0 Å². The maximum atomic E-state index is 12.9. The largest absolute Gasteiger partial charge is 0.382 e. The van der Waals surface area contributed by atoms with E-state index in [1.165, 1.54) is 0 Å². The van der Waals surface area contributed by atoms with Crippen molar-refractivity contribution in [1.29, 1.82) is 0 Å². The molecule has 0 atom stereocenters. The number of hydrogen-bond acceptors (Lipinski definition) is 8. The number of anilines is 2. The second-order valence-electron chi connectivity index (χ2n) is 8.75. The van der Waals surface area contributed by atoms with Gasteiger partial charge in [-0.05, 0) is 50.3 Å². The Morgan fingerprint density at radius 1 is 1.18 bits per heavy atom. The number of fused-ring (bicyclic) bond motifs is 2. The molecule has 172 valence electrons. The van der Waals surface area contributed by atoms with Gasteiger partial charge in [0.1, 0.15) is 17.6 Å². The number of nitrogens with one attached hydrogen (secondary N) is 1. The quantitative estimate of drug-likeness (QED) is 0.471. The number of nitrogens with zero attached hydrogens (tertiary/aromatic N) is 7. The maximum Gasteiger partial charge on any atom is 0.258 e. The van der Waals surface area contributed by atoms with Crippen molar-refractivity contribution in [1.82, 2.24) is 34.6 Å². The smallest absolute Gasteiger partial charge is 0.258 e. The van der Waals surface area contributed by atoms with E-state index in [2.05, 4.69) is 30.7 Å². The van der Waals surface area contributed by atoms with Crippen LogP contribution in [0.1, 0.15) is 32.1 Å². The predicted octanol–water partition coefficient (Wildman–Crippen LogP) is 2.90. The van der Waals surface area contributed by atoms with Crippen molar-refractivity contribution < 1.29 is 13.5 Å². The third-order valence-electron chi connectivity index (χ3n) is 6.68. The number of alkyl halides is 2. The molecule has 4 aromatic rings. The van der Waals surface area contributed by atoms with Crippen LogP contribution in [0.15, 0.2) is 24.4 Å². The molecule has 0 amide bonds. The zero-order chi connectivity index (χ0) is 22.6. The molecular weight excluding hydrogens is 432 g/mol. The summed E-state index contributed by atoms with van der Waals surface area (Å²) in [7, 11) is 0. The van der Waals surface area contributed by atoms with Crippen LogP contribution in [0.2, 0.25) is 0 Å². The molecule has 10 nitrogen and oxygen atoms in total. The first kappa shape index (κ1) is 20.2. The third kappa shape index (κ3) is 3.54. The highest BCUT2D eigenvalue weighted by Crippen LogP contribution is 2.41. The lowest BCUT2D eigenvalue weighted by Gasteiger charge is -2.46. The van der Waals surface area contributed by atoms with Crippen LogP contribution in [0.25, 0.3) is 27.9 Å². The summed E-state index contributed by atoms with van der Waals surface area (Å²) in [5.41, 5.74) is 9.01. The van der Waals surface area contributed by atoms with Gasteiger partial charge in [-0.15, -0.1) is 10.2 Å². The Morgan fingerprint density at radius 2 is 2.00 bits per heavy atom. The van der Waals surface area contributed by atoms with Crippen LogP contribution < -0.4 is 11.1 Å². The SMILES string of the molecule is Nc1nc(NC2CCC3(CCO3)CC2)nn2ccc(-c3ccc4nnn(CC(F)F)c4n3)c12. The number of nitrogen functional groups attached to an aromatic ring is 1. The Morgan fingerprint density at radius 3 is 2.73 bits per heavy atom. The normalized spacial score (nSPS) is 22.9. The van der Waals surface area contributed by atoms with Gasteiger partial charge in [0.05, 0.1) is 17.9 Å². The average molecular weight is 455 g/mol. The van der Waals surface area contributed by atoms with E-state index in [1.54, 1.807) is 22.8 Å². The van der Waals surface area contributed by atoms with Crippen molar-refractivity contribution >= 4 is 28.4 Å². The van der Waals surface area contributed by atoms with E-state index in [4.69, 9.17) is 10.5 Å². The van der Waals surface area contributed by atoms with Crippen molar-refractivity contribution in [3.8, 4) is 11.3 Å². The minimum atomic E-state index is -2.55. The second-order valence-corrected chi connectivity index (χ2v) is 8.75. The molecule has 12 heteroatoms. The van der Waals surface area contributed by atoms with Gasteiger partial charge in [-0.1, -0.05) is 5.21 Å². The molecule has 3 N–H and O–H groups in total. The Hall–Kier alpha value is -3.41. The first-order valence-corrected chi connectivity index (χ1v) is 11.0. The van der Waals surface area contributed by atoms with Gasteiger partial charge in [0.2, 0.25) is 5.95 Å². The summed E-state index contributed by atoms with van der Waals surface area (Å²) in [5, 5.41) is 15.7. The Kier molecular flexibility index (Phi) is 4.64. The molecule has 2 fully saturated rings. The molecule has 4 aromatic heterocycles. The highest BCUT2D eigenvalue weighted by atomic mass is 19.3. The Balaban J connectivity index is 1.28. The van der Waals surface area contributed by atoms with Crippen molar-refractivity contribution in [3.05, 3.63) is 24.4 Å². The number of aromatic nitrogens is 7. The number of pyridine rings is 1. The lowest BCUT2D eigenvalue weighted by atomic mass is 9.77. The number of hydrogen-bond donors (Lipinski definition) is 2. The average Bonchev–Trinajstić information content (AvgIpc) is 3.37. The van der Waals surface area contributed by atoms with E-state index in [9.17, 15) is 8.78 Å². The predicted molar refractivity (Wildman–Crippen MR) is 117 cm³/mol. The summed E-state index contributed by atoms with van der Waals surface area (Å²) in [6.45, 7) is 0.301. The Labute approximate surface area is 187 Å². The van der Waals surface area contributed by atoms with Crippen molar-refractivity contribution in [3.63, 3.8) is 0 Å². The van der Waals surface area contributed by atoms with Gasteiger partial charge in [-0.3, -0.25) is 0 Å². The molecule has 1 aliphatic heterocycles. The third-order valence-corrected chi connectivity index (χ3v) is 6.68. The molecule has 1 saturated heterocycles. The number of rotatable bonds is 5. The molecular formula is C21H23F2N9O. The van der Waals surface area contributed by atoms with Crippen LogP contribution >= 0.6 is 0 Å². The lowest BCUT2D eigenvalue weighted by Crippen LogP contribution is -2.48. The molecule has 1 aliphatic carbocycles. The van der Waals surface area contributed by atoms with Gasteiger partial charge >= 0.3 is 0 Å². The lowest BCUT2D eigenvalue weighted by molar-refractivity contribution is -0.165. The minimum absolute atomic E-state index is 0.103. The number of ether oxygens (including phenoxy) is 1.